The van der Waals surface area contributed by atoms with Crippen LogP contribution in [0, 0.1) is 0 Å². The molecule has 1 aliphatic rings. The van der Waals surface area contributed by atoms with E-state index in [0.717, 1.165) is 31.6 Å². The summed E-state index contributed by atoms with van der Waals surface area (Å²) in [6, 6.07) is 18.1. The lowest BCUT2D eigenvalue weighted by Gasteiger charge is -2.35. The van der Waals surface area contributed by atoms with Crippen molar-refractivity contribution in [1.29, 1.82) is 0 Å². The lowest BCUT2D eigenvalue weighted by molar-refractivity contribution is -0.132. The van der Waals surface area contributed by atoms with Gasteiger partial charge in [-0.3, -0.25) is 9.59 Å². The molecule has 0 spiro atoms. The molecule has 2 aromatic carbocycles. The number of amides is 2. The van der Waals surface area contributed by atoms with E-state index < -0.39 is 0 Å². The molecule has 0 unspecified atom stereocenters. The molecular formula is C25H33N3O2. The van der Waals surface area contributed by atoms with E-state index in [9.17, 15) is 9.59 Å². The maximum Gasteiger partial charge on any atom is 0.253 e. The molecule has 0 aromatic heterocycles. The van der Waals surface area contributed by atoms with Gasteiger partial charge < -0.3 is 14.7 Å². The zero-order valence-corrected chi connectivity index (χ0v) is 18.2. The van der Waals surface area contributed by atoms with Gasteiger partial charge in [0.1, 0.15) is 0 Å². The van der Waals surface area contributed by atoms with Crippen LogP contribution in [0.1, 0.15) is 42.6 Å². The van der Waals surface area contributed by atoms with Gasteiger partial charge in [0.2, 0.25) is 5.91 Å². The van der Waals surface area contributed by atoms with Crippen molar-refractivity contribution in [2.45, 2.75) is 33.1 Å². The van der Waals surface area contributed by atoms with Gasteiger partial charge in [0, 0.05) is 56.9 Å². The summed E-state index contributed by atoms with van der Waals surface area (Å²) in [5, 5.41) is 0. The van der Waals surface area contributed by atoms with Crippen molar-refractivity contribution in [3.8, 4) is 0 Å². The number of aryl methyl sites for hydroxylation is 1. The van der Waals surface area contributed by atoms with E-state index in [1.807, 2.05) is 52.3 Å². The molecule has 5 nitrogen and oxygen atoms in total. The van der Waals surface area contributed by atoms with Gasteiger partial charge in [0.05, 0.1) is 0 Å². The maximum absolute atomic E-state index is 12.8. The van der Waals surface area contributed by atoms with Crippen molar-refractivity contribution in [1.82, 2.24) is 9.80 Å². The molecule has 1 aliphatic heterocycles. The number of carbonyl (C=O) groups is 2. The molecule has 1 fully saturated rings. The Morgan fingerprint density at radius 1 is 0.833 bits per heavy atom. The van der Waals surface area contributed by atoms with Crippen LogP contribution in [0.25, 0.3) is 0 Å². The molecule has 0 radical (unpaired) electrons. The van der Waals surface area contributed by atoms with Gasteiger partial charge in [0.25, 0.3) is 5.91 Å². The highest BCUT2D eigenvalue weighted by molar-refractivity contribution is 5.94. The Morgan fingerprint density at radius 2 is 1.43 bits per heavy atom. The quantitative estimate of drug-likeness (QED) is 0.668. The van der Waals surface area contributed by atoms with Gasteiger partial charge in [-0.15, -0.1) is 0 Å². The Balaban J connectivity index is 1.45. The van der Waals surface area contributed by atoms with Crippen LogP contribution in [-0.4, -0.2) is 60.9 Å². The number of piperazine rings is 1. The minimum atomic E-state index is 0.0530. The second kappa shape index (κ2) is 10.8. The average molecular weight is 408 g/mol. The molecule has 2 amide bonds. The summed E-state index contributed by atoms with van der Waals surface area (Å²) in [7, 11) is 0. The van der Waals surface area contributed by atoms with Gasteiger partial charge in [-0.2, -0.15) is 0 Å². The Kier molecular flexibility index (Phi) is 7.89. The van der Waals surface area contributed by atoms with Crippen molar-refractivity contribution < 1.29 is 9.59 Å². The molecule has 1 saturated heterocycles. The third-order valence-corrected chi connectivity index (χ3v) is 5.86. The molecule has 0 saturated carbocycles. The zero-order chi connectivity index (χ0) is 21.3. The molecular weight excluding hydrogens is 374 g/mol. The van der Waals surface area contributed by atoms with Crippen molar-refractivity contribution in [2.24, 2.45) is 0 Å². The van der Waals surface area contributed by atoms with E-state index in [-0.39, 0.29) is 11.8 Å². The SMILES string of the molecule is CCN(CC)c1ccc(C(=O)N2CCN(C(=O)CCCc3ccccc3)CC2)cc1. The highest BCUT2D eigenvalue weighted by atomic mass is 16.2. The molecule has 3 rings (SSSR count). The number of hydrogen-bond acceptors (Lipinski definition) is 3. The third-order valence-electron chi connectivity index (χ3n) is 5.86. The summed E-state index contributed by atoms with van der Waals surface area (Å²) in [6.07, 6.45) is 2.35. The molecule has 5 heteroatoms. The standard InChI is InChI=1S/C25H33N3O2/c1-3-26(4-2)23-15-13-22(14-16-23)25(30)28-19-17-27(18-20-28)24(29)12-8-11-21-9-6-5-7-10-21/h5-7,9-10,13-16H,3-4,8,11-12,17-20H2,1-2H3. The van der Waals surface area contributed by atoms with Crippen LogP contribution in [0.15, 0.2) is 54.6 Å². The molecule has 0 aliphatic carbocycles. The van der Waals surface area contributed by atoms with E-state index in [0.29, 0.717) is 38.2 Å². The van der Waals surface area contributed by atoms with E-state index >= 15 is 0 Å². The lowest BCUT2D eigenvalue weighted by atomic mass is 10.1. The average Bonchev–Trinajstić information content (AvgIpc) is 2.80. The number of benzene rings is 2. The molecule has 2 aromatic rings. The van der Waals surface area contributed by atoms with E-state index in [1.54, 1.807) is 0 Å². The molecule has 160 valence electrons. The van der Waals surface area contributed by atoms with Crippen LogP contribution in [0.2, 0.25) is 0 Å². The fourth-order valence-corrected chi connectivity index (χ4v) is 3.99. The highest BCUT2D eigenvalue weighted by Crippen LogP contribution is 2.17. The monoisotopic (exact) mass is 407 g/mol. The summed E-state index contributed by atoms with van der Waals surface area (Å²) >= 11 is 0. The fourth-order valence-electron chi connectivity index (χ4n) is 3.99. The lowest BCUT2D eigenvalue weighted by Crippen LogP contribution is -2.50. The highest BCUT2D eigenvalue weighted by Gasteiger charge is 2.24. The Labute approximate surface area is 180 Å². The van der Waals surface area contributed by atoms with E-state index in [1.165, 1.54) is 5.56 Å². The number of anilines is 1. The van der Waals surface area contributed by atoms with Gasteiger partial charge in [-0.1, -0.05) is 30.3 Å². The van der Waals surface area contributed by atoms with E-state index in [4.69, 9.17) is 0 Å². The summed E-state index contributed by atoms with van der Waals surface area (Å²) < 4.78 is 0. The zero-order valence-electron chi connectivity index (χ0n) is 18.2. The van der Waals surface area contributed by atoms with Crippen LogP contribution in [-0.2, 0) is 11.2 Å². The first kappa shape index (κ1) is 21.9. The predicted octanol–water partition coefficient (Wildman–Crippen LogP) is 3.84. The topological polar surface area (TPSA) is 43.9 Å². The van der Waals surface area contributed by atoms with Crippen LogP contribution in [0.4, 0.5) is 5.69 Å². The summed E-state index contributed by atoms with van der Waals surface area (Å²) in [5.74, 6) is 0.249. The Morgan fingerprint density at radius 3 is 2.03 bits per heavy atom. The summed E-state index contributed by atoms with van der Waals surface area (Å²) in [5.41, 5.74) is 3.13. The van der Waals surface area contributed by atoms with Gasteiger partial charge in [-0.05, 0) is 56.5 Å². The first-order valence-electron chi connectivity index (χ1n) is 11.1. The Bertz CT molecular complexity index is 808. The van der Waals surface area contributed by atoms with Crippen LogP contribution >= 0.6 is 0 Å². The fraction of sp³-hybridized carbons (Fsp3) is 0.440. The van der Waals surface area contributed by atoms with Crippen molar-refractivity contribution in [3.63, 3.8) is 0 Å². The number of carbonyl (C=O) groups excluding carboxylic acids is 2. The molecule has 0 bridgehead atoms. The minimum absolute atomic E-state index is 0.0530. The first-order valence-corrected chi connectivity index (χ1v) is 11.1. The molecule has 1 heterocycles. The maximum atomic E-state index is 12.8. The molecule has 30 heavy (non-hydrogen) atoms. The number of hydrogen-bond donors (Lipinski definition) is 0. The Hall–Kier alpha value is -2.82. The van der Waals surface area contributed by atoms with Crippen LogP contribution < -0.4 is 4.90 Å². The summed E-state index contributed by atoms with van der Waals surface area (Å²) in [6.45, 7) is 8.59. The largest absolute Gasteiger partial charge is 0.372 e. The number of nitrogens with zero attached hydrogens (tertiary/aromatic N) is 3. The predicted molar refractivity (Wildman–Crippen MR) is 122 cm³/mol. The third kappa shape index (κ3) is 5.62. The second-order valence-corrected chi connectivity index (χ2v) is 7.73. The molecule has 0 atom stereocenters. The normalized spacial score (nSPS) is 13.9. The molecule has 0 N–H and O–H groups in total. The first-order chi connectivity index (χ1) is 14.6. The second-order valence-electron chi connectivity index (χ2n) is 7.73. The van der Waals surface area contributed by atoms with Gasteiger partial charge >= 0.3 is 0 Å². The summed E-state index contributed by atoms with van der Waals surface area (Å²) in [4.78, 5) is 31.4. The van der Waals surface area contributed by atoms with Gasteiger partial charge in [-0.25, -0.2) is 0 Å². The van der Waals surface area contributed by atoms with Crippen LogP contribution in [0.3, 0.4) is 0 Å². The van der Waals surface area contributed by atoms with Crippen molar-refractivity contribution in [2.75, 3.05) is 44.2 Å². The van der Waals surface area contributed by atoms with Crippen molar-refractivity contribution >= 4 is 17.5 Å². The van der Waals surface area contributed by atoms with Crippen LogP contribution in [0.5, 0.6) is 0 Å². The van der Waals surface area contributed by atoms with Gasteiger partial charge in [0.15, 0.2) is 0 Å². The minimum Gasteiger partial charge on any atom is -0.372 e. The number of rotatable bonds is 8. The smallest absolute Gasteiger partial charge is 0.253 e. The van der Waals surface area contributed by atoms with E-state index in [2.05, 4.69) is 30.9 Å². The van der Waals surface area contributed by atoms with Crippen molar-refractivity contribution in [3.05, 3.63) is 65.7 Å².